The summed E-state index contributed by atoms with van der Waals surface area (Å²) in [6.45, 7) is 2.66. The van der Waals surface area contributed by atoms with Crippen molar-refractivity contribution in [2.24, 2.45) is 0 Å². The molecule has 0 saturated carbocycles. The van der Waals surface area contributed by atoms with E-state index in [2.05, 4.69) is 25.7 Å². The number of aromatic nitrogens is 1. The first-order valence-corrected chi connectivity index (χ1v) is 4.63. The fraction of sp³-hybridized carbons (Fsp3) is 0.333. The molecule has 0 aromatic carbocycles. The lowest BCUT2D eigenvalue weighted by atomic mass is 10.9. The Morgan fingerprint density at radius 3 is 2.73 bits per heavy atom. The maximum atomic E-state index is 9.18. The molecule has 62 valence electrons. The zero-order valence-electron chi connectivity index (χ0n) is 5.99. The van der Waals surface area contributed by atoms with Crippen LogP contribution >= 0.6 is 27.3 Å². The SMILES string of the molecule is Brc1cscn1.CCOC=O. The van der Waals surface area contributed by atoms with Crippen molar-refractivity contribution in [1.29, 1.82) is 0 Å². The highest BCUT2D eigenvalue weighted by atomic mass is 79.9. The fourth-order valence-electron chi connectivity index (χ4n) is 0.266. The third kappa shape index (κ3) is 7.48. The molecular weight excluding hydrogens is 230 g/mol. The van der Waals surface area contributed by atoms with E-state index >= 15 is 0 Å². The molecule has 0 N–H and O–H groups in total. The molecule has 0 fully saturated rings. The van der Waals surface area contributed by atoms with Gasteiger partial charge in [-0.15, -0.1) is 11.3 Å². The standard InChI is InChI=1S/C3H2BrNS.C3H6O2/c4-3-1-6-2-5-3;1-2-5-3-4/h1-2H;3H,2H2,1H3. The van der Waals surface area contributed by atoms with Gasteiger partial charge in [-0.25, -0.2) is 4.98 Å². The highest BCUT2D eigenvalue weighted by Crippen LogP contribution is 2.06. The van der Waals surface area contributed by atoms with E-state index in [-0.39, 0.29) is 0 Å². The van der Waals surface area contributed by atoms with Crippen molar-refractivity contribution in [1.82, 2.24) is 4.98 Å². The molecule has 1 heterocycles. The van der Waals surface area contributed by atoms with E-state index in [0.29, 0.717) is 13.1 Å². The van der Waals surface area contributed by atoms with Gasteiger partial charge in [-0.05, 0) is 22.9 Å². The number of halogens is 1. The predicted octanol–water partition coefficient (Wildman–Crippen LogP) is 2.08. The number of thiazole rings is 1. The fourth-order valence-corrected chi connectivity index (χ4v) is 1.24. The number of nitrogens with zero attached hydrogens (tertiary/aromatic N) is 1. The number of rotatable bonds is 2. The number of hydrogen-bond acceptors (Lipinski definition) is 4. The van der Waals surface area contributed by atoms with Gasteiger partial charge in [0, 0.05) is 5.38 Å². The van der Waals surface area contributed by atoms with Crippen LogP contribution in [0.5, 0.6) is 0 Å². The Morgan fingerprint density at radius 2 is 2.64 bits per heavy atom. The molecule has 0 unspecified atom stereocenters. The van der Waals surface area contributed by atoms with Gasteiger partial charge in [-0.1, -0.05) is 0 Å². The van der Waals surface area contributed by atoms with Crippen molar-refractivity contribution in [2.45, 2.75) is 6.92 Å². The first-order chi connectivity index (χ1) is 5.31. The summed E-state index contributed by atoms with van der Waals surface area (Å²) >= 11 is 4.76. The van der Waals surface area contributed by atoms with Crippen LogP contribution in [0, 0.1) is 0 Å². The van der Waals surface area contributed by atoms with Crippen molar-refractivity contribution in [3.8, 4) is 0 Å². The summed E-state index contributed by atoms with van der Waals surface area (Å²) in [5.41, 5.74) is 1.78. The van der Waals surface area contributed by atoms with Crippen LogP contribution in [0.1, 0.15) is 6.92 Å². The number of ether oxygens (including phenoxy) is 1. The van der Waals surface area contributed by atoms with Crippen LogP contribution in [0.4, 0.5) is 0 Å². The quantitative estimate of drug-likeness (QED) is 0.740. The molecule has 11 heavy (non-hydrogen) atoms. The Kier molecular flexibility index (Phi) is 7.39. The lowest BCUT2D eigenvalue weighted by molar-refractivity contribution is -0.128. The van der Waals surface area contributed by atoms with Crippen molar-refractivity contribution in [3.05, 3.63) is 15.5 Å². The molecule has 5 heteroatoms. The van der Waals surface area contributed by atoms with Gasteiger partial charge < -0.3 is 4.74 Å². The monoisotopic (exact) mass is 237 g/mol. The van der Waals surface area contributed by atoms with Gasteiger partial charge in [0.25, 0.3) is 6.47 Å². The first-order valence-electron chi connectivity index (χ1n) is 2.90. The summed E-state index contributed by atoms with van der Waals surface area (Å²) in [5.74, 6) is 0. The predicted molar refractivity (Wildman–Crippen MR) is 47.5 cm³/mol. The van der Waals surface area contributed by atoms with Crippen LogP contribution in [-0.2, 0) is 9.53 Å². The summed E-state index contributed by atoms with van der Waals surface area (Å²) in [6, 6.07) is 0. The zero-order valence-corrected chi connectivity index (χ0v) is 8.39. The van der Waals surface area contributed by atoms with Gasteiger partial charge in [0.2, 0.25) is 0 Å². The highest BCUT2D eigenvalue weighted by molar-refractivity contribution is 9.10. The van der Waals surface area contributed by atoms with Crippen LogP contribution < -0.4 is 0 Å². The summed E-state index contributed by atoms with van der Waals surface area (Å²) in [6.07, 6.45) is 0. The van der Waals surface area contributed by atoms with Gasteiger partial charge in [-0.2, -0.15) is 0 Å². The van der Waals surface area contributed by atoms with E-state index < -0.39 is 0 Å². The van der Waals surface area contributed by atoms with Crippen LogP contribution in [0.15, 0.2) is 15.5 Å². The Labute approximate surface area is 77.5 Å². The van der Waals surface area contributed by atoms with E-state index in [1.54, 1.807) is 23.8 Å². The average molecular weight is 238 g/mol. The van der Waals surface area contributed by atoms with E-state index in [0.717, 1.165) is 4.60 Å². The molecule has 0 spiro atoms. The molecule has 0 aliphatic rings. The van der Waals surface area contributed by atoms with Crippen LogP contribution in [-0.4, -0.2) is 18.1 Å². The van der Waals surface area contributed by atoms with Gasteiger partial charge >= 0.3 is 0 Å². The third-order valence-electron chi connectivity index (χ3n) is 0.637. The minimum Gasteiger partial charge on any atom is -0.468 e. The largest absolute Gasteiger partial charge is 0.468 e. The molecule has 1 aromatic heterocycles. The molecule has 0 bridgehead atoms. The van der Waals surface area contributed by atoms with Gasteiger partial charge in [0.1, 0.15) is 4.60 Å². The Balaban J connectivity index is 0.000000187. The maximum Gasteiger partial charge on any atom is 0.293 e. The number of carbonyl (C=O) groups excluding carboxylic acids is 1. The van der Waals surface area contributed by atoms with Gasteiger partial charge in [-0.3, -0.25) is 4.79 Å². The third-order valence-corrected chi connectivity index (χ3v) is 1.96. The molecular formula is C6H8BrNO2S. The highest BCUT2D eigenvalue weighted by Gasteiger charge is 1.78. The number of hydrogen-bond donors (Lipinski definition) is 0. The Bertz CT molecular complexity index is 179. The summed E-state index contributed by atoms with van der Waals surface area (Å²) in [4.78, 5) is 13.0. The molecule has 1 rings (SSSR count). The van der Waals surface area contributed by atoms with E-state index in [4.69, 9.17) is 0 Å². The molecule has 0 atom stereocenters. The summed E-state index contributed by atoms with van der Waals surface area (Å²) in [7, 11) is 0. The molecule has 0 amide bonds. The number of carbonyl (C=O) groups is 1. The molecule has 0 radical (unpaired) electrons. The summed E-state index contributed by atoms with van der Waals surface area (Å²) < 4.78 is 5.08. The van der Waals surface area contributed by atoms with Crippen molar-refractivity contribution >= 4 is 33.7 Å². The normalized spacial score (nSPS) is 7.82. The van der Waals surface area contributed by atoms with Crippen LogP contribution in [0.2, 0.25) is 0 Å². The molecule has 0 aliphatic carbocycles. The first kappa shape index (κ1) is 10.6. The van der Waals surface area contributed by atoms with E-state index in [9.17, 15) is 4.79 Å². The summed E-state index contributed by atoms with van der Waals surface area (Å²) in [5, 5.41) is 1.93. The minimum atomic E-state index is 0.431. The van der Waals surface area contributed by atoms with Gasteiger partial charge in [0.05, 0.1) is 12.1 Å². The Hall–Kier alpha value is -0.420. The van der Waals surface area contributed by atoms with E-state index in [1.807, 2.05) is 5.38 Å². The molecule has 0 saturated heterocycles. The second kappa shape index (κ2) is 7.68. The lowest BCUT2D eigenvalue weighted by Crippen LogP contribution is -1.80. The molecule has 1 aromatic rings. The average Bonchev–Trinajstić information content (AvgIpc) is 2.43. The zero-order chi connectivity index (χ0) is 8.53. The molecule has 3 nitrogen and oxygen atoms in total. The van der Waals surface area contributed by atoms with Crippen molar-refractivity contribution in [2.75, 3.05) is 6.61 Å². The lowest BCUT2D eigenvalue weighted by Gasteiger charge is -1.79. The topological polar surface area (TPSA) is 39.2 Å². The van der Waals surface area contributed by atoms with Crippen LogP contribution in [0.25, 0.3) is 0 Å². The maximum absolute atomic E-state index is 9.18. The van der Waals surface area contributed by atoms with Crippen molar-refractivity contribution < 1.29 is 9.53 Å². The van der Waals surface area contributed by atoms with Gasteiger partial charge in [0.15, 0.2) is 0 Å². The second-order valence-corrected chi connectivity index (χ2v) is 2.89. The van der Waals surface area contributed by atoms with E-state index in [1.165, 1.54) is 0 Å². The Morgan fingerprint density at radius 1 is 1.91 bits per heavy atom. The smallest absolute Gasteiger partial charge is 0.293 e. The van der Waals surface area contributed by atoms with Crippen LogP contribution in [0.3, 0.4) is 0 Å². The van der Waals surface area contributed by atoms with Crippen molar-refractivity contribution in [3.63, 3.8) is 0 Å². The minimum absolute atomic E-state index is 0.431. The molecule has 0 aliphatic heterocycles. The second-order valence-electron chi connectivity index (χ2n) is 1.36.